The van der Waals surface area contributed by atoms with E-state index in [9.17, 15) is 9.59 Å². The highest BCUT2D eigenvalue weighted by molar-refractivity contribution is 6.30. The van der Waals surface area contributed by atoms with Gasteiger partial charge in [-0.05, 0) is 67.3 Å². The van der Waals surface area contributed by atoms with Crippen molar-refractivity contribution in [3.63, 3.8) is 0 Å². The zero-order valence-electron chi connectivity index (χ0n) is 18.5. The van der Waals surface area contributed by atoms with E-state index in [4.69, 9.17) is 16.3 Å². The summed E-state index contributed by atoms with van der Waals surface area (Å²) in [6.07, 6.45) is 1.73. The number of carbonyl (C=O) groups excluding carboxylic acids is 2. The molecule has 0 spiro atoms. The molecule has 1 aliphatic rings. The summed E-state index contributed by atoms with van der Waals surface area (Å²) < 4.78 is 5.82. The molecule has 0 aromatic heterocycles. The highest BCUT2D eigenvalue weighted by atomic mass is 35.5. The summed E-state index contributed by atoms with van der Waals surface area (Å²) in [6, 6.07) is 24.0. The second kappa shape index (κ2) is 10.5. The Labute approximate surface area is 199 Å². The number of amides is 2. The molecule has 2 amide bonds. The van der Waals surface area contributed by atoms with Gasteiger partial charge in [0.05, 0.1) is 6.42 Å². The average Bonchev–Trinajstić information content (AvgIpc) is 3.22. The van der Waals surface area contributed by atoms with E-state index in [0.717, 1.165) is 23.3 Å². The van der Waals surface area contributed by atoms with Crippen molar-refractivity contribution in [2.75, 3.05) is 0 Å². The average molecular weight is 463 g/mol. The third kappa shape index (κ3) is 5.93. The molecule has 6 heteroatoms. The van der Waals surface area contributed by atoms with Crippen molar-refractivity contribution in [1.82, 2.24) is 10.2 Å². The summed E-state index contributed by atoms with van der Waals surface area (Å²) in [5.74, 6) is 1.32. The minimum absolute atomic E-state index is 0.0319. The van der Waals surface area contributed by atoms with Gasteiger partial charge in [0.2, 0.25) is 11.8 Å². The van der Waals surface area contributed by atoms with Crippen LogP contribution in [0.5, 0.6) is 11.5 Å². The molecular formula is C27H27ClN2O3. The number of halogens is 1. The van der Waals surface area contributed by atoms with E-state index in [1.807, 2.05) is 73.7 Å². The summed E-state index contributed by atoms with van der Waals surface area (Å²) in [5.41, 5.74) is 1.86. The topological polar surface area (TPSA) is 58.6 Å². The maximum atomic E-state index is 13.1. The molecule has 0 aliphatic carbocycles. The van der Waals surface area contributed by atoms with Crippen LogP contribution in [0.2, 0.25) is 5.02 Å². The molecule has 5 nitrogen and oxygen atoms in total. The van der Waals surface area contributed by atoms with Crippen molar-refractivity contribution in [3.05, 3.63) is 95.0 Å². The quantitative estimate of drug-likeness (QED) is 0.513. The number of hydrogen-bond donors (Lipinski definition) is 1. The van der Waals surface area contributed by atoms with Gasteiger partial charge in [0.15, 0.2) is 0 Å². The lowest BCUT2D eigenvalue weighted by Gasteiger charge is -2.28. The second-order valence-electron chi connectivity index (χ2n) is 8.32. The Bertz CT molecular complexity index is 1080. The predicted molar refractivity (Wildman–Crippen MR) is 129 cm³/mol. The van der Waals surface area contributed by atoms with Crippen molar-refractivity contribution in [3.8, 4) is 11.5 Å². The highest BCUT2D eigenvalue weighted by Gasteiger charge is 2.38. The van der Waals surface area contributed by atoms with Crippen LogP contribution in [-0.2, 0) is 22.6 Å². The summed E-state index contributed by atoms with van der Waals surface area (Å²) in [7, 11) is 0. The summed E-state index contributed by atoms with van der Waals surface area (Å²) >= 11 is 5.92. The van der Waals surface area contributed by atoms with Crippen LogP contribution in [0, 0.1) is 0 Å². The van der Waals surface area contributed by atoms with Crippen molar-refractivity contribution in [2.24, 2.45) is 0 Å². The number of nitrogens with zero attached hydrogens (tertiary/aromatic N) is 1. The number of carbonyl (C=O) groups is 2. The Morgan fingerprint density at radius 3 is 2.24 bits per heavy atom. The molecule has 1 N–H and O–H groups in total. The number of ether oxygens (including phenoxy) is 1. The third-order valence-electron chi connectivity index (χ3n) is 5.90. The monoisotopic (exact) mass is 462 g/mol. The van der Waals surface area contributed by atoms with Gasteiger partial charge >= 0.3 is 0 Å². The van der Waals surface area contributed by atoms with Crippen LogP contribution in [0.15, 0.2) is 78.9 Å². The van der Waals surface area contributed by atoms with Gasteiger partial charge in [0.25, 0.3) is 0 Å². The third-order valence-corrected chi connectivity index (χ3v) is 6.15. The molecule has 4 rings (SSSR count). The van der Waals surface area contributed by atoms with Gasteiger partial charge in [-0.15, -0.1) is 0 Å². The number of likely N-dealkylation sites (tertiary alicyclic amines) is 1. The standard InChI is InChI=1S/C27H27ClN2O3/c1-19-7-16-25(27(32)29-18-21-8-12-22(28)13-9-21)30(19)26(31)17-20-10-14-24(15-11-20)33-23-5-3-2-4-6-23/h2-6,8-15,19,25H,7,16-18H2,1H3,(H,29,32). The number of para-hydroxylation sites is 1. The second-order valence-corrected chi connectivity index (χ2v) is 8.76. The number of nitrogens with one attached hydrogen (secondary N) is 1. The molecule has 1 fully saturated rings. The van der Waals surface area contributed by atoms with Crippen molar-refractivity contribution >= 4 is 23.4 Å². The summed E-state index contributed by atoms with van der Waals surface area (Å²) in [6.45, 7) is 2.41. The Morgan fingerprint density at radius 1 is 0.909 bits per heavy atom. The highest BCUT2D eigenvalue weighted by Crippen LogP contribution is 2.26. The van der Waals surface area contributed by atoms with Crippen LogP contribution in [0.25, 0.3) is 0 Å². The zero-order chi connectivity index (χ0) is 23.2. The molecule has 3 aromatic rings. The molecule has 170 valence electrons. The molecule has 33 heavy (non-hydrogen) atoms. The van der Waals surface area contributed by atoms with E-state index < -0.39 is 6.04 Å². The fourth-order valence-corrected chi connectivity index (χ4v) is 4.26. The maximum absolute atomic E-state index is 13.1. The molecular weight excluding hydrogens is 436 g/mol. The lowest BCUT2D eigenvalue weighted by Crippen LogP contribution is -2.48. The smallest absolute Gasteiger partial charge is 0.243 e. The van der Waals surface area contributed by atoms with Crippen molar-refractivity contribution in [2.45, 2.75) is 44.8 Å². The lowest BCUT2D eigenvalue weighted by atomic mass is 10.1. The van der Waals surface area contributed by atoms with Crippen LogP contribution >= 0.6 is 11.6 Å². The van der Waals surface area contributed by atoms with E-state index in [0.29, 0.717) is 23.7 Å². The maximum Gasteiger partial charge on any atom is 0.243 e. The predicted octanol–water partition coefficient (Wildman–Crippen LogP) is 5.37. The zero-order valence-corrected chi connectivity index (χ0v) is 19.3. The van der Waals surface area contributed by atoms with Crippen LogP contribution < -0.4 is 10.1 Å². The lowest BCUT2D eigenvalue weighted by molar-refractivity contribution is -0.139. The number of benzene rings is 3. The Balaban J connectivity index is 1.35. The summed E-state index contributed by atoms with van der Waals surface area (Å²) in [4.78, 5) is 27.7. The van der Waals surface area contributed by atoms with Gasteiger partial charge in [-0.25, -0.2) is 0 Å². The molecule has 0 bridgehead atoms. The Morgan fingerprint density at radius 2 is 1.55 bits per heavy atom. The van der Waals surface area contributed by atoms with E-state index in [2.05, 4.69) is 5.32 Å². The first-order valence-corrected chi connectivity index (χ1v) is 11.5. The normalized spacial score (nSPS) is 17.6. The van der Waals surface area contributed by atoms with E-state index in [-0.39, 0.29) is 24.3 Å². The van der Waals surface area contributed by atoms with Gasteiger partial charge in [0.1, 0.15) is 17.5 Å². The number of rotatable bonds is 7. The minimum atomic E-state index is -0.444. The molecule has 1 heterocycles. The van der Waals surface area contributed by atoms with Gasteiger partial charge in [0, 0.05) is 17.6 Å². The first kappa shape index (κ1) is 22.9. The molecule has 3 aromatic carbocycles. The SMILES string of the molecule is CC1CCC(C(=O)NCc2ccc(Cl)cc2)N1C(=O)Cc1ccc(Oc2ccccc2)cc1. The fourth-order valence-electron chi connectivity index (χ4n) is 4.14. The van der Waals surface area contributed by atoms with Crippen LogP contribution in [0.1, 0.15) is 30.9 Å². The molecule has 1 saturated heterocycles. The fraction of sp³-hybridized carbons (Fsp3) is 0.259. The van der Waals surface area contributed by atoms with Gasteiger partial charge in [-0.3, -0.25) is 9.59 Å². The minimum Gasteiger partial charge on any atom is -0.457 e. The number of hydrogen-bond acceptors (Lipinski definition) is 3. The first-order chi connectivity index (χ1) is 16.0. The van der Waals surface area contributed by atoms with Gasteiger partial charge < -0.3 is 15.0 Å². The van der Waals surface area contributed by atoms with E-state index in [1.54, 1.807) is 17.0 Å². The molecule has 1 aliphatic heterocycles. The van der Waals surface area contributed by atoms with E-state index in [1.165, 1.54) is 0 Å². The molecule has 0 radical (unpaired) electrons. The molecule has 0 saturated carbocycles. The van der Waals surface area contributed by atoms with Crippen LogP contribution in [0.3, 0.4) is 0 Å². The van der Waals surface area contributed by atoms with Crippen LogP contribution in [0.4, 0.5) is 0 Å². The van der Waals surface area contributed by atoms with Gasteiger partial charge in [-0.1, -0.05) is 54.1 Å². The molecule has 2 atom stereocenters. The Kier molecular flexibility index (Phi) is 7.30. The van der Waals surface area contributed by atoms with Gasteiger partial charge in [-0.2, -0.15) is 0 Å². The largest absolute Gasteiger partial charge is 0.457 e. The summed E-state index contributed by atoms with van der Waals surface area (Å²) in [5, 5.41) is 3.63. The van der Waals surface area contributed by atoms with Crippen LogP contribution in [-0.4, -0.2) is 28.8 Å². The molecule has 2 unspecified atom stereocenters. The van der Waals surface area contributed by atoms with Crippen molar-refractivity contribution in [1.29, 1.82) is 0 Å². The Hall–Kier alpha value is -3.31. The van der Waals surface area contributed by atoms with Crippen molar-refractivity contribution < 1.29 is 14.3 Å². The first-order valence-electron chi connectivity index (χ1n) is 11.1. The van der Waals surface area contributed by atoms with E-state index >= 15 is 0 Å².